The fraction of sp³-hybridized carbons (Fsp3) is 0.586. The van der Waals surface area contributed by atoms with Crippen molar-refractivity contribution in [1.82, 2.24) is 0 Å². The summed E-state index contributed by atoms with van der Waals surface area (Å²) >= 11 is 0. The molecule has 0 aromatic heterocycles. The van der Waals surface area contributed by atoms with Crippen LogP contribution < -0.4 is 11.1 Å². The lowest BCUT2D eigenvalue weighted by Crippen LogP contribution is -2.34. The van der Waals surface area contributed by atoms with Crippen molar-refractivity contribution in [3.05, 3.63) is 46.6 Å². The van der Waals surface area contributed by atoms with Gasteiger partial charge in [-0.05, 0) is 75.1 Å². The number of nitrogens with two attached hydrogens (primary N) is 1. The molecule has 0 spiro atoms. The number of primary amides is 1. The first-order valence-corrected chi connectivity index (χ1v) is 13.2. The lowest BCUT2D eigenvalue weighted by Gasteiger charge is -2.30. The van der Waals surface area contributed by atoms with Gasteiger partial charge in [0.15, 0.2) is 0 Å². The monoisotopic (exact) mass is 532 g/mol. The number of aliphatic hydroxyl groups excluding tert-OH is 3. The zero-order valence-electron chi connectivity index (χ0n) is 23.1. The van der Waals surface area contributed by atoms with Gasteiger partial charge in [-0.15, -0.1) is 0 Å². The van der Waals surface area contributed by atoms with Gasteiger partial charge in [-0.1, -0.05) is 26.0 Å². The summed E-state index contributed by atoms with van der Waals surface area (Å²) in [5.74, 6) is -1.46. The average Bonchev–Trinajstić information content (AvgIpc) is 2.85. The summed E-state index contributed by atoms with van der Waals surface area (Å²) in [6.07, 6.45) is 2.84. The molecule has 0 fully saturated rings. The number of carbonyl (C=O) groups excluding carboxylic acids is 2. The first-order chi connectivity index (χ1) is 17.9. The van der Waals surface area contributed by atoms with Gasteiger partial charge in [0.1, 0.15) is 11.9 Å². The molecule has 0 saturated heterocycles. The number of anilines is 1. The summed E-state index contributed by atoms with van der Waals surface area (Å²) in [7, 11) is 0. The fourth-order valence-electron chi connectivity index (χ4n) is 5.24. The number of fused-ring (bicyclic) bond motifs is 2. The Morgan fingerprint density at radius 3 is 2.39 bits per heavy atom. The summed E-state index contributed by atoms with van der Waals surface area (Å²) < 4.78 is 5.37. The van der Waals surface area contributed by atoms with Crippen molar-refractivity contribution >= 4 is 17.7 Å². The number of allylic oxidation sites excluding steroid dienone is 1. The summed E-state index contributed by atoms with van der Waals surface area (Å²) in [6, 6.07) is 3.36. The minimum Gasteiger partial charge on any atom is -0.508 e. The fourth-order valence-corrected chi connectivity index (χ4v) is 5.24. The number of benzene rings is 1. The van der Waals surface area contributed by atoms with Crippen LogP contribution in [0.15, 0.2) is 35.4 Å². The molecular formula is C29H44N2O7. The van der Waals surface area contributed by atoms with E-state index in [0.717, 1.165) is 11.1 Å². The maximum atomic E-state index is 12.8. The lowest BCUT2D eigenvalue weighted by atomic mass is 9.82. The van der Waals surface area contributed by atoms with E-state index in [4.69, 9.17) is 10.5 Å². The molecule has 9 nitrogen and oxygen atoms in total. The Morgan fingerprint density at radius 1 is 1.13 bits per heavy atom. The number of aromatic hydroxyl groups is 1. The average molecular weight is 533 g/mol. The van der Waals surface area contributed by atoms with Crippen LogP contribution in [0.1, 0.15) is 58.1 Å². The lowest BCUT2D eigenvalue weighted by molar-refractivity contribution is -0.112. The molecule has 2 rings (SSSR count). The number of hydrogen-bond donors (Lipinski definition) is 6. The van der Waals surface area contributed by atoms with Crippen molar-refractivity contribution in [3.63, 3.8) is 0 Å². The molecule has 212 valence electrons. The number of rotatable bonds is 3. The zero-order valence-corrected chi connectivity index (χ0v) is 23.1. The van der Waals surface area contributed by atoms with E-state index in [2.05, 4.69) is 5.32 Å². The van der Waals surface area contributed by atoms with Gasteiger partial charge < -0.3 is 36.2 Å². The third-order valence-corrected chi connectivity index (χ3v) is 7.50. The molecule has 1 heterocycles. The third-order valence-electron chi connectivity index (χ3n) is 7.50. The number of hydrogen-bond acceptors (Lipinski definition) is 7. The van der Waals surface area contributed by atoms with Gasteiger partial charge in [-0.2, -0.15) is 0 Å². The summed E-state index contributed by atoms with van der Waals surface area (Å²) in [4.78, 5) is 24.5. The van der Waals surface area contributed by atoms with E-state index in [1.54, 1.807) is 26.0 Å². The van der Waals surface area contributed by atoms with Crippen molar-refractivity contribution in [2.24, 2.45) is 29.4 Å². The quantitative estimate of drug-likeness (QED) is 0.324. The second kappa shape index (κ2) is 14.3. The molecule has 1 aliphatic rings. The molecule has 1 aliphatic heterocycles. The van der Waals surface area contributed by atoms with Crippen LogP contribution in [0.2, 0.25) is 0 Å². The molecule has 2 amide bonds. The SMILES string of the molecule is C/C1=C\CC[C@H](CO)[C@@H](OC(N)=O)/C(C)=C/[C@H](C)[C@@H](O)[C@@H](CO)C[C@H](C)Cc2cc(cc(O)c2C)NC1=O. The van der Waals surface area contributed by atoms with Gasteiger partial charge >= 0.3 is 6.09 Å². The number of ether oxygens (including phenoxy) is 1. The van der Waals surface area contributed by atoms with Gasteiger partial charge in [0.25, 0.3) is 5.91 Å². The first-order valence-electron chi connectivity index (χ1n) is 13.2. The van der Waals surface area contributed by atoms with Crippen molar-refractivity contribution in [1.29, 1.82) is 0 Å². The van der Waals surface area contributed by atoms with Crippen LogP contribution in [-0.4, -0.2) is 57.8 Å². The second-order valence-corrected chi connectivity index (χ2v) is 10.7. The standard InChI is InChI=1S/C29H44N2O7/c1-16-9-22-12-24(13-25(34)20(22)5)31-28(36)17(2)7-6-8-21(14-32)27(38-29(30)37)19(4)11-18(3)26(35)23(10-16)15-33/h7,11-13,16,18,21,23,26-27,32-35H,6,8-10,14-15H2,1-5H3,(H2,30,37)(H,31,36)/b17-7+,19-11+/t16-,18+,21-,23-,26-,27+/m1/s1. The van der Waals surface area contributed by atoms with E-state index < -0.39 is 30.1 Å². The molecule has 2 bridgehead atoms. The molecule has 6 atom stereocenters. The molecule has 0 radical (unpaired) electrons. The van der Waals surface area contributed by atoms with Crippen LogP contribution >= 0.6 is 0 Å². The Morgan fingerprint density at radius 2 is 1.79 bits per heavy atom. The highest BCUT2D eigenvalue weighted by Gasteiger charge is 2.29. The molecule has 1 aromatic rings. The Hall–Kier alpha value is -2.88. The Bertz CT molecular complexity index is 1040. The molecule has 7 N–H and O–H groups in total. The molecule has 1 aromatic carbocycles. The van der Waals surface area contributed by atoms with E-state index in [9.17, 15) is 30.0 Å². The summed E-state index contributed by atoms with van der Waals surface area (Å²) in [5.41, 5.74) is 8.50. The Balaban J connectivity index is 2.51. The molecule has 38 heavy (non-hydrogen) atoms. The van der Waals surface area contributed by atoms with E-state index in [1.165, 1.54) is 6.07 Å². The van der Waals surface area contributed by atoms with Gasteiger partial charge in [0.05, 0.1) is 6.10 Å². The predicted octanol–water partition coefficient (Wildman–Crippen LogP) is 3.57. The number of aliphatic hydroxyl groups is 3. The number of phenolic OH excluding ortho intramolecular Hbond substituents is 1. The third kappa shape index (κ3) is 8.58. The van der Waals surface area contributed by atoms with Gasteiger partial charge in [0.2, 0.25) is 0 Å². The molecule has 9 heteroatoms. The minimum absolute atomic E-state index is 0.0524. The van der Waals surface area contributed by atoms with Crippen molar-refractivity contribution in [2.75, 3.05) is 18.5 Å². The largest absolute Gasteiger partial charge is 0.508 e. The molecular weight excluding hydrogens is 488 g/mol. The number of phenols is 1. The predicted molar refractivity (Wildman–Crippen MR) is 146 cm³/mol. The maximum absolute atomic E-state index is 12.8. The Kier molecular flexibility index (Phi) is 11.8. The van der Waals surface area contributed by atoms with Crippen LogP contribution in [-0.2, 0) is 16.0 Å². The minimum atomic E-state index is -0.971. The van der Waals surface area contributed by atoms with Crippen molar-refractivity contribution in [2.45, 2.75) is 72.5 Å². The maximum Gasteiger partial charge on any atom is 0.405 e. The van der Waals surface area contributed by atoms with Crippen LogP contribution in [0.3, 0.4) is 0 Å². The van der Waals surface area contributed by atoms with Gasteiger partial charge in [-0.3, -0.25) is 4.79 Å². The highest BCUT2D eigenvalue weighted by Crippen LogP contribution is 2.31. The number of amides is 2. The topological polar surface area (TPSA) is 162 Å². The van der Waals surface area contributed by atoms with E-state index in [-0.39, 0.29) is 36.7 Å². The van der Waals surface area contributed by atoms with E-state index in [0.29, 0.717) is 42.5 Å². The first kappa shape index (κ1) is 31.3. The Labute approximate surface area is 225 Å². The molecule has 0 unspecified atom stereocenters. The summed E-state index contributed by atoms with van der Waals surface area (Å²) in [6.45, 7) is 8.61. The van der Waals surface area contributed by atoms with Crippen LogP contribution in [0.25, 0.3) is 0 Å². The zero-order chi connectivity index (χ0) is 28.6. The molecule has 0 saturated carbocycles. The highest BCUT2D eigenvalue weighted by molar-refractivity contribution is 6.03. The van der Waals surface area contributed by atoms with Crippen LogP contribution in [0.4, 0.5) is 10.5 Å². The van der Waals surface area contributed by atoms with Gasteiger partial charge in [0, 0.05) is 48.3 Å². The van der Waals surface area contributed by atoms with Crippen molar-refractivity contribution in [3.8, 4) is 5.75 Å². The summed E-state index contributed by atoms with van der Waals surface area (Å²) in [5, 5.41) is 44.6. The highest BCUT2D eigenvalue weighted by atomic mass is 16.6. The smallest absolute Gasteiger partial charge is 0.405 e. The number of carbonyl (C=O) groups is 2. The second-order valence-electron chi connectivity index (χ2n) is 10.7. The van der Waals surface area contributed by atoms with Gasteiger partial charge in [-0.25, -0.2) is 4.79 Å². The van der Waals surface area contributed by atoms with E-state index >= 15 is 0 Å². The molecule has 0 aliphatic carbocycles. The van der Waals surface area contributed by atoms with Crippen LogP contribution in [0.5, 0.6) is 5.75 Å². The number of nitrogens with one attached hydrogen (secondary N) is 1. The van der Waals surface area contributed by atoms with Crippen LogP contribution in [0, 0.1) is 30.6 Å². The van der Waals surface area contributed by atoms with E-state index in [1.807, 2.05) is 26.8 Å². The van der Waals surface area contributed by atoms with Crippen molar-refractivity contribution < 1.29 is 34.8 Å². The normalized spacial score (nSPS) is 30.9.